The Morgan fingerprint density at radius 3 is 2.71 bits per heavy atom. The number of nitrogens with zero attached hydrogens (tertiary/aromatic N) is 2. The second kappa shape index (κ2) is 7.54. The third kappa shape index (κ3) is 4.68. The van der Waals surface area contributed by atoms with Crippen LogP contribution in [0.15, 0.2) is 35.1 Å². The average molecular weight is 288 g/mol. The lowest BCUT2D eigenvalue weighted by Gasteiger charge is -2.10. The SMILES string of the molecule is CC(CCN)CCC(=O)Nc1ccc(-c2nnco2)cc1. The van der Waals surface area contributed by atoms with Crippen LogP contribution in [0, 0.1) is 5.92 Å². The maximum Gasteiger partial charge on any atom is 0.247 e. The van der Waals surface area contributed by atoms with Gasteiger partial charge in [-0.05, 0) is 49.6 Å². The average Bonchev–Trinajstić information content (AvgIpc) is 3.00. The summed E-state index contributed by atoms with van der Waals surface area (Å²) in [5.74, 6) is 0.952. The number of carbonyl (C=O) groups is 1. The highest BCUT2D eigenvalue weighted by Crippen LogP contribution is 2.19. The molecule has 0 saturated carbocycles. The van der Waals surface area contributed by atoms with E-state index in [4.69, 9.17) is 10.2 Å². The van der Waals surface area contributed by atoms with Crippen LogP contribution < -0.4 is 11.1 Å². The monoisotopic (exact) mass is 288 g/mol. The molecule has 0 fully saturated rings. The van der Waals surface area contributed by atoms with Crippen LogP contribution in [0.25, 0.3) is 11.5 Å². The largest absolute Gasteiger partial charge is 0.423 e. The smallest absolute Gasteiger partial charge is 0.247 e. The Hall–Kier alpha value is -2.21. The van der Waals surface area contributed by atoms with Crippen molar-refractivity contribution in [2.45, 2.75) is 26.2 Å². The molecule has 3 N–H and O–H groups in total. The predicted molar refractivity (Wildman–Crippen MR) is 80.4 cm³/mol. The van der Waals surface area contributed by atoms with E-state index in [1.807, 2.05) is 24.3 Å². The van der Waals surface area contributed by atoms with Crippen LogP contribution in [0.5, 0.6) is 0 Å². The first-order valence-corrected chi connectivity index (χ1v) is 7.05. The Morgan fingerprint density at radius 1 is 1.33 bits per heavy atom. The predicted octanol–water partition coefficient (Wildman–Crippen LogP) is 2.44. The van der Waals surface area contributed by atoms with E-state index in [-0.39, 0.29) is 5.91 Å². The fourth-order valence-electron chi connectivity index (χ4n) is 2.02. The zero-order valence-electron chi connectivity index (χ0n) is 12.1. The standard InChI is InChI=1S/C15H20N4O2/c1-11(8-9-16)2-7-14(20)18-13-5-3-12(4-6-13)15-19-17-10-21-15/h3-6,10-11H,2,7-9,16H2,1H3,(H,18,20). The summed E-state index contributed by atoms with van der Waals surface area (Å²) in [6.45, 7) is 2.78. The van der Waals surface area contributed by atoms with E-state index >= 15 is 0 Å². The van der Waals surface area contributed by atoms with Gasteiger partial charge in [0.25, 0.3) is 0 Å². The summed E-state index contributed by atoms with van der Waals surface area (Å²) >= 11 is 0. The molecule has 2 aromatic rings. The first-order valence-electron chi connectivity index (χ1n) is 7.05. The second-order valence-electron chi connectivity index (χ2n) is 5.09. The highest BCUT2D eigenvalue weighted by molar-refractivity contribution is 5.90. The molecular weight excluding hydrogens is 268 g/mol. The fourth-order valence-corrected chi connectivity index (χ4v) is 2.02. The van der Waals surface area contributed by atoms with Crippen LogP contribution in [0.2, 0.25) is 0 Å². The van der Waals surface area contributed by atoms with Crippen molar-refractivity contribution in [2.24, 2.45) is 11.7 Å². The van der Waals surface area contributed by atoms with Crippen LogP contribution in [-0.4, -0.2) is 22.6 Å². The second-order valence-corrected chi connectivity index (χ2v) is 5.09. The van der Waals surface area contributed by atoms with Crippen LogP contribution in [0.3, 0.4) is 0 Å². The number of carbonyl (C=O) groups excluding carboxylic acids is 1. The molecule has 1 atom stereocenters. The zero-order valence-corrected chi connectivity index (χ0v) is 12.1. The Morgan fingerprint density at radius 2 is 2.10 bits per heavy atom. The van der Waals surface area contributed by atoms with Crippen molar-refractivity contribution in [1.82, 2.24) is 10.2 Å². The van der Waals surface area contributed by atoms with Crippen LogP contribution in [0.1, 0.15) is 26.2 Å². The number of benzene rings is 1. The molecule has 0 aliphatic heterocycles. The van der Waals surface area contributed by atoms with Gasteiger partial charge in [-0.15, -0.1) is 10.2 Å². The van der Waals surface area contributed by atoms with Crippen LogP contribution in [0.4, 0.5) is 5.69 Å². The lowest BCUT2D eigenvalue weighted by molar-refractivity contribution is -0.116. The number of rotatable bonds is 7. The van der Waals surface area contributed by atoms with E-state index in [0.29, 0.717) is 24.8 Å². The maximum atomic E-state index is 11.9. The summed E-state index contributed by atoms with van der Waals surface area (Å²) in [4.78, 5) is 11.9. The molecule has 2 rings (SSSR count). The minimum absolute atomic E-state index is 0.0180. The van der Waals surface area contributed by atoms with Gasteiger partial charge in [0.05, 0.1) is 0 Å². The lowest BCUT2D eigenvalue weighted by Crippen LogP contribution is -2.14. The zero-order chi connectivity index (χ0) is 15.1. The summed E-state index contributed by atoms with van der Waals surface area (Å²) in [7, 11) is 0. The number of nitrogens with one attached hydrogen (secondary N) is 1. The molecular formula is C15H20N4O2. The molecule has 1 unspecified atom stereocenters. The Labute approximate surface area is 123 Å². The van der Waals surface area contributed by atoms with Gasteiger partial charge in [0.2, 0.25) is 18.2 Å². The van der Waals surface area contributed by atoms with Crippen molar-refractivity contribution in [1.29, 1.82) is 0 Å². The van der Waals surface area contributed by atoms with Gasteiger partial charge < -0.3 is 15.5 Å². The molecule has 0 aliphatic carbocycles. The van der Waals surface area contributed by atoms with E-state index in [0.717, 1.165) is 24.1 Å². The number of aromatic nitrogens is 2. The Balaban J connectivity index is 1.84. The van der Waals surface area contributed by atoms with Crippen molar-refractivity contribution < 1.29 is 9.21 Å². The quantitative estimate of drug-likeness (QED) is 0.816. The molecule has 0 saturated heterocycles. The number of anilines is 1. The van der Waals surface area contributed by atoms with Gasteiger partial charge in [0.1, 0.15) is 0 Å². The lowest BCUT2D eigenvalue weighted by atomic mass is 10.0. The molecule has 0 radical (unpaired) electrons. The van der Waals surface area contributed by atoms with E-state index in [1.54, 1.807) is 0 Å². The first-order chi connectivity index (χ1) is 10.2. The topological polar surface area (TPSA) is 94.0 Å². The van der Waals surface area contributed by atoms with E-state index in [9.17, 15) is 4.79 Å². The molecule has 0 bridgehead atoms. The van der Waals surface area contributed by atoms with Gasteiger partial charge >= 0.3 is 0 Å². The van der Waals surface area contributed by atoms with Gasteiger partial charge in [-0.25, -0.2) is 0 Å². The molecule has 6 nitrogen and oxygen atoms in total. The molecule has 112 valence electrons. The van der Waals surface area contributed by atoms with Crippen molar-refractivity contribution >= 4 is 11.6 Å². The summed E-state index contributed by atoms with van der Waals surface area (Å²) in [5.41, 5.74) is 7.08. The molecule has 0 spiro atoms. The fraction of sp³-hybridized carbons (Fsp3) is 0.400. The van der Waals surface area contributed by atoms with Gasteiger partial charge in [-0.1, -0.05) is 6.92 Å². The minimum atomic E-state index is 0.0180. The highest BCUT2D eigenvalue weighted by Gasteiger charge is 2.08. The first kappa shape index (κ1) is 15.2. The molecule has 1 amide bonds. The minimum Gasteiger partial charge on any atom is -0.423 e. The summed E-state index contributed by atoms with van der Waals surface area (Å²) in [5, 5.41) is 10.3. The van der Waals surface area contributed by atoms with E-state index in [1.165, 1.54) is 6.39 Å². The Kier molecular flexibility index (Phi) is 5.45. The molecule has 21 heavy (non-hydrogen) atoms. The number of hydrogen-bond acceptors (Lipinski definition) is 5. The summed E-state index contributed by atoms with van der Waals surface area (Å²) in [6, 6.07) is 7.31. The van der Waals surface area contributed by atoms with Crippen LogP contribution >= 0.6 is 0 Å². The molecule has 6 heteroatoms. The molecule has 1 aromatic heterocycles. The number of hydrogen-bond donors (Lipinski definition) is 2. The summed E-state index contributed by atoms with van der Waals surface area (Å²) in [6.07, 6.45) is 3.59. The normalized spacial score (nSPS) is 12.1. The van der Waals surface area contributed by atoms with Crippen molar-refractivity contribution in [2.75, 3.05) is 11.9 Å². The van der Waals surface area contributed by atoms with Gasteiger partial charge in [-0.2, -0.15) is 0 Å². The highest BCUT2D eigenvalue weighted by atomic mass is 16.4. The maximum absolute atomic E-state index is 11.9. The summed E-state index contributed by atoms with van der Waals surface area (Å²) < 4.78 is 5.11. The van der Waals surface area contributed by atoms with Gasteiger partial charge in [0.15, 0.2) is 0 Å². The number of amides is 1. The van der Waals surface area contributed by atoms with Crippen LogP contribution in [-0.2, 0) is 4.79 Å². The van der Waals surface area contributed by atoms with Gasteiger partial charge in [-0.3, -0.25) is 4.79 Å². The molecule has 0 aliphatic rings. The van der Waals surface area contributed by atoms with Crippen molar-refractivity contribution in [3.8, 4) is 11.5 Å². The molecule has 1 aromatic carbocycles. The van der Waals surface area contributed by atoms with E-state index in [2.05, 4.69) is 22.4 Å². The van der Waals surface area contributed by atoms with Crippen molar-refractivity contribution in [3.05, 3.63) is 30.7 Å². The van der Waals surface area contributed by atoms with E-state index < -0.39 is 0 Å². The number of nitrogens with two attached hydrogens (primary N) is 1. The third-order valence-electron chi connectivity index (χ3n) is 3.30. The molecule has 1 heterocycles. The third-order valence-corrected chi connectivity index (χ3v) is 3.30. The van der Waals surface area contributed by atoms with Gasteiger partial charge in [0, 0.05) is 17.7 Å². The van der Waals surface area contributed by atoms with Crippen molar-refractivity contribution in [3.63, 3.8) is 0 Å². The Bertz CT molecular complexity index is 552.